The Hall–Kier alpha value is -5.88. The topological polar surface area (TPSA) is 139 Å². The molecule has 45 heavy (non-hydrogen) atoms. The summed E-state index contributed by atoms with van der Waals surface area (Å²) in [4.78, 5) is 27.8. The zero-order valence-electron chi connectivity index (χ0n) is 23.9. The van der Waals surface area contributed by atoms with Crippen LogP contribution in [0.5, 0.6) is 0 Å². The molecule has 0 spiro atoms. The molecule has 12 heteroatoms. The van der Waals surface area contributed by atoms with Crippen molar-refractivity contribution >= 4 is 45.9 Å². The number of carboxylic acids is 1. The Labute approximate surface area is 265 Å². The molecular weight excluding hydrogens is 614 g/mol. The van der Waals surface area contributed by atoms with E-state index in [1.807, 2.05) is 0 Å². The third-order valence-electron chi connectivity index (χ3n) is 5.49. The monoisotopic (exact) mass is 635 g/mol. The fourth-order valence-electron chi connectivity index (χ4n) is 3.36. The van der Waals surface area contributed by atoms with Crippen LogP contribution >= 0.6 is 11.6 Å². The van der Waals surface area contributed by atoms with E-state index in [-0.39, 0.29) is 18.6 Å². The third kappa shape index (κ3) is 10.7. The van der Waals surface area contributed by atoms with Crippen LogP contribution in [0.4, 0.5) is 5.69 Å². The molecule has 0 aliphatic rings. The second-order valence-corrected chi connectivity index (χ2v) is 10.2. The highest BCUT2D eigenvalue weighted by atomic mass is 35.5. The summed E-state index contributed by atoms with van der Waals surface area (Å²) in [7, 11) is 0. The maximum atomic E-state index is 12.6. The number of carbonyl (C=O) groups excluding carboxylic acids is 1. The molecule has 0 saturated carbocycles. The molecule has 1 aromatic carbocycles. The Morgan fingerprint density at radius 3 is 2.22 bits per heavy atom. The summed E-state index contributed by atoms with van der Waals surface area (Å²) in [6.45, 7) is 6.70. The van der Waals surface area contributed by atoms with Crippen LogP contribution in [0.3, 0.4) is 0 Å². The smallest absolute Gasteiger partial charge is 0.311 e. The maximum absolute atomic E-state index is 12.6. The molecule has 10 nitrogen and oxygen atoms in total. The molecular formula is C33H22ClN5O5S. The first-order chi connectivity index (χ1) is 21.7. The van der Waals surface area contributed by atoms with E-state index >= 15 is 0 Å². The lowest BCUT2D eigenvalue weighted by molar-refractivity contribution is -0.142. The number of hydrogen-bond donors (Lipinski definition) is 3. The number of carboxylic acid groups (broad SMARTS) is 1. The number of nitrogens with one attached hydrogen (secondary N) is 2. The van der Waals surface area contributed by atoms with Gasteiger partial charge in [-0.15, -0.1) is 9.73 Å². The first-order valence-electron chi connectivity index (χ1n) is 12.8. The van der Waals surface area contributed by atoms with E-state index in [0.29, 0.717) is 39.2 Å². The van der Waals surface area contributed by atoms with E-state index in [4.69, 9.17) is 15.8 Å². The number of benzene rings is 1. The number of nitrogens with zero attached hydrogens (tertiary/aromatic N) is 3. The van der Waals surface area contributed by atoms with Crippen molar-refractivity contribution in [2.45, 2.75) is 31.6 Å². The van der Waals surface area contributed by atoms with Gasteiger partial charge in [-0.1, -0.05) is 23.1 Å². The van der Waals surface area contributed by atoms with Crippen LogP contribution < -0.4 is 5.32 Å². The zero-order chi connectivity index (χ0) is 32.6. The third-order valence-corrected chi connectivity index (χ3v) is 6.98. The van der Waals surface area contributed by atoms with Gasteiger partial charge in [0, 0.05) is 18.5 Å². The molecule has 2 aromatic heterocycles. The summed E-state index contributed by atoms with van der Waals surface area (Å²) in [5.41, 5.74) is 34.0. The van der Waals surface area contributed by atoms with Crippen molar-refractivity contribution in [2.24, 2.45) is 5.92 Å². The van der Waals surface area contributed by atoms with Crippen LogP contribution in [0.15, 0.2) is 116 Å². The Morgan fingerprint density at radius 2 is 1.64 bits per heavy atom. The number of carbonyl (C=O) groups is 2. The minimum Gasteiger partial charge on any atom is -0.481 e. The number of rotatable bonds is 10. The summed E-state index contributed by atoms with van der Waals surface area (Å²) >= 11 is 4.40. The van der Waals surface area contributed by atoms with Crippen molar-refractivity contribution < 1.29 is 23.1 Å². The van der Waals surface area contributed by atoms with E-state index < -0.39 is 28.9 Å². The van der Waals surface area contributed by atoms with E-state index in [9.17, 15) is 18.9 Å². The van der Waals surface area contributed by atoms with Crippen molar-refractivity contribution in [3.63, 3.8) is 0 Å². The number of fused-ring (bicyclic) bond motifs is 1. The average molecular weight is 636 g/mol. The molecule has 0 radical (unpaired) electrons. The highest BCUT2D eigenvalue weighted by molar-refractivity contribution is 7.80. The summed E-state index contributed by atoms with van der Waals surface area (Å²) in [6, 6.07) is 6.14. The lowest BCUT2D eigenvalue weighted by atomic mass is 9.97. The van der Waals surface area contributed by atoms with Gasteiger partial charge in [-0.05, 0) is 113 Å². The van der Waals surface area contributed by atoms with Gasteiger partial charge in [-0.3, -0.25) is 13.8 Å². The largest absolute Gasteiger partial charge is 0.481 e. The van der Waals surface area contributed by atoms with E-state index in [1.54, 1.807) is 6.92 Å². The highest BCUT2D eigenvalue weighted by Gasteiger charge is 2.23. The number of H-pyrrole nitrogens is 1. The SMILES string of the molecule is C=C=C=C=C=C=C=C=C=C=C=C=C=C=C(C)C(CC(=O)Nc1ccc(S(=O)OCCc2nn3nc(C)c(Cl)c3[nH]2)cc1)C(=O)O. The fraction of sp³-hybridized carbons (Fsp3) is 0.182. The van der Waals surface area contributed by atoms with Gasteiger partial charge >= 0.3 is 5.97 Å². The van der Waals surface area contributed by atoms with E-state index in [0.717, 1.165) is 0 Å². The predicted molar refractivity (Wildman–Crippen MR) is 164 cm³/mol. The quantitative estimate of drug-likeness (QED) is 0.269. The van der Waals surface area contributed by atoms with E-state index in [2.05, 4.69) is 102 Å². The first-order valence-corrected chi connectivity index (χ1v) is 14.3. The number of anilines is 1. The Morgan fingerprint density at radius 1 is 1.04 bits per heavy atom. The van der Waals surface area contributed by atoms with Crippen LogP contribution in [0.25, 0.3) is 5.65 Å². The molecule has 1 amide bonds. The molecule has 3 N–H and O–H groups in total. The Balaban J connectivity index is 1.58. The van der Waals surface area contributed by atoms with Gasteiger partial charge < -0.3 is 15.4 Å². The second-order valence-electron chi connectivity index (χ2n) is 8.64. The van der Waals surface area contributed by atoms with Crippen molar-refractivity contribution in [1.29, 1.82) is 0 Å². The van der Waals surface area contributed by atoms with Gasteiger partial charge in [-0.2, -0.15) is 5.10 Å². The average Bonchev–Trinajstić information content (AvgIpc) is 3.53. The van der Waals surface area contributed by atoms with Gasteiger partial charge in [0.25, 0.3) is 0 Å². The van der Waals surface area contributed by atoms with Crippen molar-refractivity contribution in [2.75, 3.05) is 11.9 Å². The first kappa shape index (κ1) is 33.6. The number of aryl methyl sites for hydroxylation is 1. The highest BCUT2D eigenvalue weighted by Crippen LogP contribution is 2.20. The molecule has 0 aliphatic carbocycles. The normalized spacial score (nSPS) is 10.5. The molecule has 0 bridgehead atoms. The predicted octanol–water partition coefficient (Wildman–Crippen LogP) is 4.92. The lowest BCUT2D eigenvalue weighted by Gasteiger charge is -2.12. The standard InChI is InChI=1S/C33H22ClN5O5S/c1-4-5-6-7-8-9-10-11-12-13-14-15-16-24(2)28(33(41)42)23-30(40)35-26-17-19-27(20-18-26)45(43)44-22-21-29-36-32-31(34)25(3)37-39(32)38-29/h17-20,28H,1,21-23H2,2-3H3,(H,35,40)(H,36,38)(H,41,42). The Kier molecular flexibility index (Phi) is 12.9. The van der Waals surface area contributed by atoms with Gasteiger partial charge in [0.05, 0.1) is 23.1 Å². The minimum absolute atomic E-state index is 0.115. The van der Waals surface area contributed by atoms with Gasteiger partial charge in [0.2, 0.25) is 5.91 Å². The molecule has 0 fully saturated rings. The number of aromatic nitrogens is 4. The molecule has 2 unspecified atom stereocenters. The number of hydrogen-bond acceptors (Lipinski definition) is 6. The lowest BCUT2D eigenvalue weighted by Crippen LogP contribution is -2.23. The van der Waals surface area contributed by atoms with Crippen molar-refractivity contribution in [3.8, 4) is 0 Å². The number of amides is 1. The summed E-state index contributed by atoms with van der Waals surface area (Å²) in [5, 5.41) is 21.2. The molecule has 2 atom stereocenters. The molecule has 0 aliphatic heterocycles. The maximum Gasteiger partial charge on any atom is 0.311 e. The van der Waals surface area contributed by atoms with Gasteiger partial charge in [0.1, 0.15) is 10.8 Å². The zero-order valence-corrected chi connectivity index (χ0v) is 25.5. The molecule has 0 saturated heterocycles. The number of halogens is 1. The summed E-state index contributed by atoms with van der Waals surface area (Å²) < 4.78 is 19.3. The Bertz CT molecular complexity index is 2180. The van der Waals surface area contributed by atoms with Gasteiger partial charge in [-0.25, -0.2) is 4.21 Å². The second kappa shape index (κ2) is 17.3. The van der Waals surface area contributed by atoms with Crippen LogP contribution in [-0.2, 0) is 31.3 Å². The number of aliphatic carboxylic acids is 1. The van der Waals surface area contributed by atoms with Crippen molar-refractivity contribution in [3.05, 3.63) is 127 Å². The summed E-state index contributed by atoms with van der Waals surface area (Å²) in [5.74, 6) is -2.33. The minimum atomic E-state index is -1.76. The molecule has 3 aromatic rings. The van der Waals surface area contributed by atoms with Crippen LogP contribution in [0.1, 0.15) is 24.9 Å². The van der Waals surface area contributed by atoms with Crippen LogP contribution in [0, 0.1) is 12.8 Å². The van der Waals surface area contributed by atoms with Crippen molar-refractivity contribution in [1.82, 2.24) is 19.8 Å². The van der Waals surface area contributed by atoms with Crippen LogP contribution in [-0.4, -0.2) is 47.6 Å². The number of aromatic amines is 1. The molecule has 222 valence electrons. The summed E-state index contributed by atoms with van der Waals surface area (Å²) in [6.07, 6.45) is -0.00280. The van der Waals surface area contributed by atoms with Crippen LogP contribution in [0.2, 0.25) is 5.02 Å². The molecule has 2 heterocycles. The molecule has 3 rings (SSSR count). The van der Waals surface area contributed by atoms with Gasteiger partial charge in [0.15, 0.2) is 16.7 Å². The van der Waals surface area contributed by atoms with E-state index in [1.165, 1.54) is 35.8 Å². The fourth-order valence-corrected chi connectivity index (χ4v) is 4.25.